The van der Waals surface area contributed by atoms with Gasteiger partial charge in [0.25, 0.3) is 0 Å². The van der Waals surface area contributed by atoms with Crippen molar-refractivity contribution in [3.63, 3.8) is 0 Å². The van der Waals surface area contributed by atoms with Crippen LogP contribution in [0.5, 0.6) is 0 Å². The molecule has 0 aromatic carbocycles. The minimum atomic E-state index is 0.462. The van der Waals surface area contributed by atoms with Gasteiger partial charge in [-0.2, -0.15) is 0 Å². The quantitative estimate of drug-likeness (QED) is 0.574. The lowest BCUT2D eigenvalue weighted by molar-refractivity contribution is 0.252. The van der Waals surface area contributed by atoms with Gasteiger partial charge in [-0.3, -0.25) is 0 Å². The minimum Gasteiger partial charge on any atom is -0.0922 e. The minimum absolute atomic E-state index is 0.462. The maximum Gasteiger partial charge on any atom is 0.00959 e. The largest absolute Gasteiger partial charge is 0.0922 e. The van der Waals surface area contributed by atoms with Gasteiger partial charge in [-0.05, 0) is 30.1 Å². The number of hydrogen-bond acceptors (Lipinski definition) is 0. The van der Waals surface area contributed by atoms with E-state index in [2.05, 4.69) is 59.6 Å². The van der Waals surface area contributed by atoms with Crippen molar-refractivity contribution in [2.75, 3.05) is 10.7 Å². The SMILES string of the molecule is CCCC(CBr)(CBr)CCC(C)(C)C. The van der Waals surface area contributed by atoms with Gasteiger partial charge in [0.1, 0.15) is 0 Å². The molecule has 0 amide bonds. The van der Waals surface area contributed by atoms with Crippen molar-refractivity contribution in [3.8, 4) is 0 Å². The molecule has 0 spiro atoms. The molecule has 86 valence electrons. The van der Waals surface area contributed by atoms with Crippen LogP contribution in [-0.2, 0) is 0 Å². The zero-order valence-electron chi connectivity index (χ0n) is 10.00. The monoisotopic (exact) mass is 326 g/mol. The molecule has 0 aliphatic heterocycles. The second-order valence-corrected chi connectivity index (χ2v) is 6.70. The average molecular weight is 328 g/mol. The molecule has 14 heavy (non-hydrogen) atoms. The first kappa shape index (κ1) is 15.0. The summed E-state index contributed by atoms with van der Waals surface area (Å²) >= 11 is 7.34. The van der Waals surface area contributed by atoms with E-state index in [1.807, 2.05) is 0 Å². The molecule has 0 aromatic heterocycles. The maximum absolute atomic E-state index is 3.67. The zero-order chi connectivity index (χ0) is 11.2. The molecule has 0 fully saturated rings. The van der Waals surface area contributed by atoms with Crippen molar-refractivity contribution in [3.05, 3.63) is 0 Å². The Morgan fingerprint density at radius 1 is 0.857 bits per heavy atom. The third-order valence-corrected chi connectivity index (χ3v) is 5.13. The fourth-order valence-electron chi connectivity index (χ4n) is 1.60. The molecule has 0 nitrogen and oxygen atoms in total. The normalized spacial score (nSPS) is 13.3. The molecule has 0 aliphatic carbocycles. The van der Waals surface area contributed by atoms with E-state index in [9.17, 15) is 0 Å². The van der Waals surface area contributed by atoms with Gasteiger partial charge in [0.15, 0.2) is 0 Å². The smallest absolute Gasteiger partial charge is 0.00959 e. The lowest BCUT2D eigenvalue weighted by atomic mass is 9.77. The van der Waals surface area contributed by atoms with Crippen LogP contribution in [0.2, 0.25) is 0 Å². The highest BCUT2D eigenvalue weighted by atomic mass is 79.9. The van der Waals surface area contributed by atoms with Crippen molar-refractivity contribution in [2.24, 2.45) is 10.8 Å². The lowest BCUT2D eigenvalue weighted by Crippen LogP contribution is -2.26. The topological polar surface area (TPSA) is 0 Å². The van der Waals surface area contributed by atoms with Gasteiger partial charge in [0.05, 0.1) is 0 Å². The van der Waals surface area contributed by atoms with E-state index in [1.54, 1.807) is 0 Å². The Hall–Kier alpha value is 0.960. The Kier molecular flexibility index (Phi) is 6.97. The summed E-state index contributed by atoms with van der Waals surface area (Å²) < 4.78 is 0. The molecular weight excluding hydrogens is 304 g/mol. The second kappa shape index (κ2) is 6.52. The van der Waals surface area contributed by atoms with Crippen LogP contribution in [0.15, 0.2) is 0 Å². The standard InChI is InChI=1S/C12H24Br2/c1-5-6-12(9-13,10-14)8-7-11(2,3)4/h5-10H2,1-4H3. The third-order valence-electron chi connectivity index (χ3n) is 2.75. The molecule has 0 N–H and O–H groups in total. The summed E-state index contributed by atoms with van der Waals surface area (Å²) in [7, 11) is 0. The number of halogens is 2. The summed E-state index contributed by atoms with van der Waals surface area (Å²) in [6.45, 7) is 9.25. The van der Waals surface area contributed by atoms with Gasteiger partial charge in [-0.15, -0.1) is 0 Å². The summed E-state index contributed by atoms with van der Waals surface area (Å²) in [5, 5.41) is 2.24. The summed E-state index contributed by atoms with van der Waals surface area (Å²) in [5.41, 5.74) is 0.936. The molecule has 0 atom stereocenters. The van der Waals surface area contributed by atoms with Crippen LogP contribution in [0.1, 0.15) is 53.4 Å². The lowest BCUT2D eigenvalue weighted by Gasteiger charge is -2.32. The van der Waals surface area contributed by atoms with Gasteiger partial charge in [-0.25, -0.2) is 0 Å². The molecule has 0 saturated heterocycles. The van der Waals surface area contributed by atoms with Gasteiger partial charge in [0.2, 0.25) is 0 Å². The highest BCUT2D eigenvalue weighted by molar-refractivity contribution is 9.09. The van der Waals surface area contributed by atoms with Crippen LogP contribution in [-0.4, -0.2) is 10.7 Å². The molecule has 2 heteroatoms. The van der Waals surface area contributed by atoms with Crippen LogP contribution in [0.4, 0.5) is 0 Å². The fraction of sp³-hybridized carbons (Fsp3) is 1.00. The van der Waals surface area contributed by atoms with E-state index in [-0.39, 0.29) is 0 Å². The van der Waals surface area contributed by atoms with Gasteiger partial charge < -0.3 is 0 Å². The molecular formula is C12H24Br2. The van der Waals surface area contributed by atoms with Crippen molar-refractivity contribution in [1.82, 2.24) is 0 Å². The highest BCUT2D eigenvalue weighted by Gasteiger charge is 2.28. The Balaban J connectivity index is 4.21. The molecule has 0 bridgehead atoms. The van der Waals surface area contributed by atoms with E-state index in [4.69, 9.17) is 0 Å². The molecule has 0 aliphatic rings. The van der Waals surface area contributed by atoms with E-state index in [0.29, 0.717) is 10.8 Å². The Bertz CT molecular complexity index is 143. The summed E-state index contributed by atoms with van der Waals surface area (Å²) in [4.78, 5) is 0. The van der Waals surface area contributed by atoms with Gasteiger partial charge >= 0.3 is 0 Å². The van der Waals surface area contributed by atoms with Crippen LogP contribution in [0.25, 0.3) is 0 Å². The first-order valence-electron chi connectivity index (χ1n) is 5.51. The Morgan fingerprint density at radius 3 is 1.64 bits per heavy atom. The van der Waals surface area contributed by atoms with Crippen molar-refractivity contribution < 1.29 is 0 Å². The van der Waals surface area contributed by atoms with Gasteiger partial charge in [-0.1, -0.05) is 66.0 Å². The zero-order valence-corrected chi connectivity index (χ0v) is 13.2. The summed E-state index contributed by atoms with van der Waals surface area (Å²) in [6.07, 6.45) is 5.23. The highest BCUT2D eigenvalue weighted by Crippen LogP contribution is 2.37. The third kappa shape index (κ3) is 5.75. The number of hydrogen-bond donors (Lipinski definition) is 0. The first-order chi connectivity index (χ1) is 6.39. The average Bonchev–Trinajstić information content (AvgIpc) is 2.11. The van der Waals surface area contributed by atoms with Gasteiger partial charge in [0, 0.05) is 10.7 Å². The van der Waals surface area contributed by atoms with Crippen LogP contribution < -0.4 is 0 Å². The van der Waals surface area contributed by atoms with Crippen molar-refractivity contribution in [1.29, 1.82) is 0 Å². The molecule has 0 saturated carbocycles. The molecule has 0 rings (SSSR count). The molecule has 0 aromatic rings. The Morgan fingerprint density at radius 2 is 1.36 bits per heavy atom. The maximum atomic E-state index is 3.67. The fourth-order valence-corrected chi connectivity index (χ4v) is 3.65. The van der Waals surface area contributed by atoms with Crippen molar-refractivity contribution >= 4 is 31.9 Å². The first-order valence-corrected chi connectivity index (χ1v) is 7.75. The molecule has 0 heterocycles. The van der Waals surface area contributed by atoms with Crippen LogP contribution >= 0.6 is 31.9 Å². The van der Waals surface area contributed by atoms with Crippen LogP contribution in [0.3, 0.4) is 0 Å². The molecule has 0 unspecified atom stereocenters. The summed E-state index contributed by atoms with van der Waals surface area (Å²) in [6, 6.07) is 0. The van der Waals surface area contributed by atoms with Crippen LogP contribution in [0, 0.1) is 10.8 Å². The van der Waals surface area contributed by atoms with E-state index in [0.717, 1.165) is 10.7 Å². The number of rotatable bonds is 6. The number of alkyl halides is 2. The van der Waals surface area contributed by atoms with E-state index < -0.39 is 0 Å². The van der Waals surface area contributed by atoms with Crippen molar-refractivity contribution in [2.45, 2.75) is 53.4 Å². The Labute approximate surface area is 106 Å². The van der Waals surface area contributed by atoms with E-state index in [1.165, 1.54) is 25.7 Å². The predicted molar refractivity (Wildman–Crippen MR) is 73.6 cm³/mol. The molecule has 0 radical (unpaired) electrons. The van der Waals surface area contributed by atoms with E-state index >= 15 is 0 Å². The second-order valence-electron chi connectivity index (χ2n) is 5.58. The predicted octanol–water partition coefficient (Wildman–Crippen LogP) is 5.39. The summed E-state index contributed by atoms with van der Waals surface area (Å²) in [5.74, 6) is 0.